The van der Waals surface area contributed by atoms with Crippen molar-refractivity contribution in [2.45, 2.75) is 12.5 Å². The van der Waals surface area contributed by atoms with Gasteiger partial charge in [0.05, 0.1) is 6.54 Å². The summed E-state index contributed by atoms with van der Waals surface area (Å²) in [6.45, 7) is 1.81. The van der Waals surface area contributed by atoms with Crippen LogP contribution in [0.3, 0.4) is 0 Å². The van der Waals surface area contributed by atoms with Gasteiger partial charge in [0.15, 0.2) is 0 Å². The van der Waals surface area contributed by atoms with E-state index >= 15 is 0 Å². The van der Waals surface area contributed by atoms with E-state index in [4.69, 9.17) is 17.0 Å². The first kappa shape index (κ1) is 13.2. The molecule has 0 saturated carbocycles. The fourth-order valence-corrected chi connectivity index (χ4v) is 2.21. The van der Waals surface area contributed by atoms with Crippen LogP contribution in [0.15, 0.2) is 18.3 Å². The molecule has 0 N–H and O–H groups in total. The molecule has 0 fully saturated rings. The lowest BCUT2D eigenvalue weighted by molar-refractivity contribution is 0.160. The molecule has 5 heteroatoms. The Morgan fingerprint density at radius 2 is 2.33 bits per heavy atom. The molecule has 1 atom stereocenters. The van der Waals surface area contributed by atoms with Crippen LogP contribution in [-0.2, 0) is 0 Å². The van der Waals surface area contributed by atoms with Crippen molar-refractivity contribution >= 4 is 17.2 Å². The number of likely N-dealkylation sites (N-methyl/N-ethyl adjacent to an activating group) is 1. The zero-order valence-corrected chi connectivity index (χ0v) is 11.9. The quantitative estimate of drug-likeness (QED) is 0.771. The van der Waals surface area contributed by atoms with Crippen LogP contribution in [0.2, 0.25) is 0 Å². The average molecular weight is 265 g/mol. The van der Waals surface area contributed by atoms with Crippen molar-refractivity contribution in [3.63, 3.8) is 0 Å². The summed E-state index contributed by atoms with van der Waals surface area (Å²) in [5.74, 6) is 0.801. The third kappa shape index (κ3) is 2.97. The summed E-state index contributed by atoms with van der Waals surface area (Å²) in [7, 11) is 6.14. The number of pyridine rings is 1. The van der Waals surface area contributed by atoms with Gasteiger partial charge >= 0.3 is 0 Å². The highest BCUT2D eigenvalue weighted by atomic mass is 32.1. The van der Waals surface area contributed by atoms with E-state index in [2.05, 4.69) is 28.9 Å². The van der Waals surface area contributed by atoms with Crippen molar-refractivity contribution in [3.8, 4) is 5.75 Å². The molecule has 0 spiro atoms. The summed E-state index contributed by atoms with van der Waals surface area (Å²) in [5.41, 5.74) is 0.780. The van der Waals surface area contributed by atoms with E-state index in [-0.39, 0.29) is 6.10 Å². The van der Waals surface area contributed by atoms with E-state index < -0.39 is 0 Å². The van der Waals surface area contributed by atoms with Gasteiger partial charge in [-0.1, -0.05) is 12.2 Å². The maximum Gasteiger partial charge on any atom is 0.148 e. The molecule has 2 rings (SSSR count). The van der Waals surface area contributed by atoms with Gasteiger partial charge in [0.25, 0.3) is 0 Å². The molecule has 98 valence electrons. The maximum absolute atomic E-state index is 6.03. The van der Waals surface area contributed by atoms with Gasteiger partial charge in [-0.3, -0.25) is 0 Å². The van der Waals surface area contributed by atoms with E-state index in [1.165, 1.54) is 0 Å². The SMILES string of the molecule is CN(C)CCC1CN(C)C(=S)c2ncccc2O1. The van der Waals surface area contributed by atoms with E-state index in [0.29, 0.717) is 0 Å². The molecule has 1 aromatic heterocycles. The highest BCUT2D eigenvalue weighted by Crippen LogP contribution is 2.23. The highest BCUT2D eigenvalue weighted by molar-refractivity contribution is 7.80. The number of nitrogens with zero attached hydrogens (tertiary/aromatic N) is 3. The lowest BCUT2D eigenvalue weighted by atomic mass is 10.2. The molecule has 0 radical (unpaired) electrons. The first-order valence-corrected chi connectivity index (χ1v) is 6.50. The van der Waals surface area contributed by atoms with Gasteiger partial charge in [0, 0.05) is 19.8 Å². The van der Waals surface area contributed by atoms with Gasteiger partial charge < -0.3 is 14.5 Å². The van der Waals surface area contributed by atoms with Gasteiger partial charge in [-0.2, -0.15) is 0 Å². The molecule has 0 bridgehead atoms. The van der Waals surface area contributed by atoms with Crippen LogP contribution in [0.25, 0.3) is 0 Å². The highest BCUT2D eigenvalue weighted by Gasteiger charge is 2.24. The molecular weight excluding hydrogens is 246 g/mol. The third-order valence-corrected chi connectivity index (χ3v) is 3.49. The van der Waals surface area contributed by atoms with Crippen molar-refractivity contribution in [2.75, 3.05) is 34.2 Å². The molecule has 1 aliphatic heterocycles. The number of hydrogen-bond donors (Lipinski definition) is 0. The Morgan fingerprint density at radius 3 is 3.06 bits per heavy atom. The topological polar surface area (TPSA) is 28.6 Å². The number of thiocarbonyl (C=S) groups is 1. The monoisotopic (exact) mass is 265 g/mol. The largest absolute Gasteiger partial charge is 0.486 e. The Kier molecular flexibility index (Phi) is 4.14. The molecule has 4 nitrogen and oxygen atoms in total. The fraction of sp³-hybridized carbons (Fsp3) is 0.538. The average Bonchev–Trinajstić information content (AvgIpc) is 2.46. The van der Waals surface area contributed by atoms with Crippen molar-refractivity contribution in [3.05, 3.63) is 24.0 Å². The molecule has 1 aromatic rings. The van der Waals surface area contributed by atoms with Gasteiger partial charge in [-0.15, -0.1) is 0 Å². The number of aromatic nitrogens is 1. The maximum atomic E-state index is 6.03. The van der Waals surface area contributed by atoms with Gasteiger partial charge in [0.2, 0.25) is 0 Å². The molecule has 0 aliphatic carbocycles. The predicted molar refractivity (Wildman–Crippen MR) is 76.2 cm³/mol. The van der Waals surface area contributed by atoms with Crippen LogP contribution in [0.5, 0.6) is 5.75 Å². The van der Waals surface area contributed by atoms with Crippen molar-refractivity contribution in [2.24, 2.45) is 0 Å². The first-order valence-electron chi connectivity index (χ1n) is 6.10. The first-order chi connectivity index (χ1) is 8.58. The molecular formula is C13H19N3OS. The lowest BCUT2D eigenvalue weighted by Crippen LogP contribution is -2.35. The van der Waals surface area contributed by atoms with Gasteiger partial charge in [0.1, 0.15) is 22.5 Å². The Bertz CT molecular complexity index is 436. The van der Waals surface area contributed by atoms with Crippen LogP contribution in [0.1, 0.15) is 12.1 Å². The minimum absolute atomic E-state index is 0.154. The minimum atomic E-state index is 0.154. The summed E-state index contributed by atoms with van der Waals surface area (Å²) in [6.07, 6.45) is 2.89. The standard InChI is InChI=1S/C13H19N3OS/c1-15(2)8-6-10-9-16(3)13(18)12-11(17-10)5-4-7-14-12/h4-5,7,10H,6,8-9H2,1-3H3. The van der Waals surface area contributed by atoms with E-state index in [0.717, 1.165) is 35.9 Å². The van der Waals surface area contributed by atoms with Crippen LogP contribution in [0, 0.1) is 0 Å². The van der Waals surface area contributed by atoms with Crippen LogP contribution in [-0.4, -0.2) is 60.1 Å². The van der Waals surface area contributed by atoms with E-state index in [9.17, 15) is 0 Å². The Labute approximate surface area is 114 Å². The molecule has 0 aromatic carbocycles. The smallest absolute Gasteiger partial charge is 0.148 e. The molecule has 1 aliphatic rings. The Balaban J connectivity index is 2.17. The summed E-state index contributed by atoms with van der Waals surface area (Å²) in [6, 6.07) is 3.83. The second-order valence-electron chi connectivity index (χ2n) is 4.87. The fourth-order valence-electron chi connectivity index (χ4n) is 1.98. The van der Waals surface area contributed by atoms with Crippen LogP contribution >= 0.6 is 12.2 Å². The summed E-state index contributed by atoms with van der Waals surface area (Å²) < 4.78 is 6.03. The normalized spacial score (nSPS) is 19.4. The molecule has 2 heterocycles. The van der Waals surface area contributed by atoms with Crippen LogP contribution < -0.4 is 4.74 Å². The van der Waals surface area contributed by atoms with Crippen LogP contribution in [0.4, 0.5) is 0 Å². The number of rotatable bonds is 3. The van der Waals surface area contributed by atoms with E-state index in [1.807, 2.05) is 19.2 Å². The van der Waals surface area contributed by atoms with Crippen molar-refractivity contribution < 1.29 is 4.74 Å². The minimum Gasteiger partial charge on any atom is -0.486 e. The number of fused-ring (bicyclic) bond motifs is 1. The van der Waals surface area contributed by atoms with Gasteiger partial charge in [-0.25, -0.2) is 4.98 Å². The Hall–Kier alpha value is -1.20. The summed E-state index contributed by atoms with van der Waals surface area (Å²) in [5, 5.41) is 0. The second kappa shape index (κ2) is 5.63. The second-order valence-corrected chi connectivity index (χ2v) is 5.25. The summed E-state index contributed by atoms with van der Waals surface area (Å²) in [4.78, 5) is 9.30. The third-order valence-electron chi connectivity index (χ3n) is 2.99. The van der Waals surface area contributed by atoms with Crippen molar-refractivity contribution in [1.29, 1.82) is 0 Å². The predicted octanol–water partition coefficient (Wildman–Crippen LogP) is 1.40. The van der Waals surface area contributed by atoms with E-state index in [1.54, 1.807) is 6.20 Å². The lowest BCUT2D eigenvalue weighted by Gasteiger charge is -2.22. The molecule has 1 unspecified atom stereocenters. The molecule has 18 heavy (non-hydrogen) atoms. The Morgan fingerprint density at radius 1 is 1.56 bits per heavy atom. The molecule has 0 amide bonds. The summed E-state index contributed by atoms with van der Waals surface area (Å²) >= 11 is 5.43. The van der Waals surface area contributed by atoms with Gasteiger partial charge in [-0.05, 0) is 32.6 Å². The van der Waals surface area contributed by atoms with Crippen molar-refractivity contribution in [1.82, 2.24) is 14.8 Å². The molecule has 0 saturated heterocycles. The number of hydrogen-bond acceptors (Lipinski definition) is 4. The zero-order chi connectivity index (χ0) is 13.1. The number of ether oxygens (including phenoxy) is 1. The zero-order valence-electron chi connectivity index (χ0n) is 11.1.